The second-order valence-corrected chi connectivity index (χ2v) is 9.88. The molecule has 0 unspecified atom stereocenters. The molecule has 0 radical (unpaired) electrons. The van der Waals surface area contributed by atoms with E-state index >= 15 is 0 Å². The van der Waals surface area contributed by atoms with Gasteiger partial charge in [-0.1, -0.05) is 40.6 Å². The number of carbonyl (C=O) groups is 1. The summed E-state index contributed by atoms with van der Waals surface area (Å²) in [7, 11) is 0. The zero-order valence-electron chi connectivity index (χ0n) is 15.4. The first-order valence-corrected chi connectivity index (χ1v) is 11.5. The van der Waals surface area contributed by atoms with Crippen molar-refractivity contribution in [2.24, 2.45) is 0 Å². The van der Waals surface area contributed by atoms with E-state index in [1.165, 1.54) is 17.4 Å². The summed E-state index contributed by atoms with van der Waals surface area (Å²) in [6, 6.07) is 6.37. The van der Waals surface area contributed by atoms with Crippen LogP contribution < -0.4 is 4.90 Å². The van der Waals surface area contributed by atoms with Crippen LogP contribution in [0, 0.1) is 5.82 Å². The maximum Gasteiger partial charge on any atom is 0.262 e. The Kier molecular flexibility index (Phi) is 6.68. The number of rotatable bonds is 6. The van der Waals surface area contributed by atoms with Crippen molar-refractivity contribution in [3.63, 3.8) is 0 Å². The Labute approximate surface area is 185 Å². The van der Waals surface area contributed by atoms with Crippen LogP contribution >= 0.6 is 45.9 Å². The van der Waals surface area contributed by atoms with Crippen LogP contribution in [0.5, 0.6) is 0 Å². The molecule has 2 aromatic heterocycles. The van der Waals surface area contributed by atoms with Gasteiger partial charge in [-0.25, -0.2) is 9.37 Å². The molecule has 0 aliphatic carbocycles. The largest absolute Gasteiger partial charge is 0.379 e. The molecule has 1 aliphatic heterocycles. The molecule has 5 nitrogen and oxygen atoms in total. The highest BCUT2D eigenvalue weighted by molar-refractivity contribution is 7.22. The van der Waals surface area contributed by atoms with Crippen LogP contribution in [0.1, 0.15) is 16.8 Å². The van der Waals surface area contributed by atoms with Gasteiger partial charge in [-0.05, 0) is 24.6 Å². The summed E-state index contributed by atoms with van der Waals surface area (Å²) in [4.78, 5) is 21.5. The van der Waals surface area contributed by atoms with Crippen molar-refractivity contribution in [1.82, 2.24) is 9.88 Å². The molecule has 3 aromatic rings. The molecule has 0 N–H and O–H groups in total. The Morgan fingerprint density at radius 3 is 2.76 bits per heavy atom. The fraction of sp³-hybridized carbons (Fsp3) is 0.368. The number of thiazole rings is 1. The van der Waals surface area contributed by atoms with E-state index in [0.717, 1.165) is 50.6 Å². The number of fused-ring (bicyclic) bond motifs is 1. The first-order valence-electron chi connectivity index (χ1n) is 9.15. The van der Waals surface area contributed by atoms with Crippen molar-refractivity contribution in [2.45, 2.75) is 6.42 Å². The minimum atomic E-state index is -0.401. The molecule has 1 aliphatic rings. The van der Waals surface area contributed by atoms with Crippen LogP contribution in [-0.4, -0.2) is 55.2 Å². The molecular formula is C19H18Cl2FN3O2S2. The molecule has 0 atom stereocenters. The summed E-state index contributed by atoms with van der Waals surface area (Å²) in [6.07, 6.45) is 0.750. The molecule has 1 saturated heterocycles. The topological polar surface area (TPSA) is 45.7 Å². The summed E-state index contributed by atoms with van der Waals surface area (Å²) in [5.74, 6) is -0.679. The van der Waals surface area contributed by atoms with Crippen LogP contribution in [0.2, 0.25) is 8.67 Å². The van der Waals surface area contributed by atoms with Crippen molar-refractivity contribution in [2.75, 3.05) is 44.3 Å². The molecule has 29 heavy (non-hydrogen) atoms. The summed E-state index contributed by atoms with van der Waals surface area (Å²) in [6.45, 7) is 4.50. The lowest BCUT2D eigenvalue weighted by molar-refractivity contribution is 0.0376. The molecule has 3 heterocycles. The number of benzene rings is 1. The lowest BCUT2D eigenvalue weighted by Gasteiger charge is -2.27. The lowest BCUT2D eigenvalue weighted by Crippen LogP contribution is -2.39. The Hall–Kier alpha value is -1.29. The van der Waals surface area contributed by atoms with E-state index < -0.39 is 5.82 Å². The van der Waals surface area contributed by atoms with Crippen LogP contribution in [0.15, 0.2) is 24.3 Å². The molecule has 1 aromatic carbocycles. The van der Waals surface area contributed by atoms with Crippen molar-refractivity contribution in [3.8, 4) is 0 Å². The number of aromatic nitrogens is 1. The predicted octanol–water partition coefficient (Wildman–Crippen LogP) is 5.17. The van der Waals surface area contributed by atoms with E-state index in [9.17, 15) is 9.18 Å². The molecule has 0 spiro atoms. The normalized spacial score (nSPS) is 15.1. The van der Waals surface area contributed by atoms with E-state index in [1.54, 1.807) is 23.1 Å². The Morgan fingerprint density at radius 1 is 1.28 bits per heavy atom. The van der Waals surface area contributed by atoms with Crippen molar-refractivity contribution in [1.29, 1.82) is 0 Å². The van der Waals surface area contributed by atoms with Gasteiger partial charge in [0.15, 0.2) is 5.13 Å². The number of hydrogen-bond acceptors (Lipinski definition) is 6. The minimum absolute atomic E-state index is 0.271. The number of anilines is 1. The average molecular weight is 474 g/mol. The first kappa shape index (κ1) is 21.0. The molecular weight excluding hydrogens is 456 g/mol. The number of thiophene rings is 1. The fourth-order valence-electron chi connectivity index (χ4n) is 3.21. The van der Waals surface area contributed by atoms with Crippen LogP contribution in [0.3, 0.4) is 0 Å². The van der Waals surface area contributed by atoms with Gasteiger partial charge in [0.2, 0.25) is 0 Å². The van der Waals surface area contributed by atoms with Gasteiger partial charge in [-0.15, -0.1) is 11.3 Å². The zero-order valence-corrected chi connectivity index (χ0v) is 18.5. The monoisotopic (exact) mass is 473 g/mol. The van der Waals surface area contributed by atoms with Gasteiger partial charge >= 0.3 is 0 Å². The second-order valence-electron chi connectivity index (χ2n) is 6.59. The summed E-state index contributed by atoms with van der Waals surface area (Å²) >= 11 is 14.7. The Morgan fingerprint density at radius 2 is 2.07 bits per heavy atom. The smallest absolute Gasteiger partial charge is 0.262 e. The van der Waals surface area contributed by atoms with Gasteiger partial charge in [0, 0.05) is 26.2 Å². The zero-order chi connectivity index (χ0) is 20.4. The Balaban J connectivity index is 1.59. The van der Waals surface area contributed by atoms with E-state index in [-0.39, 0.29) is 11.4 Å². The molecule has 0 saturated carbocycles. The quantitative estimate of drug-likeness (QED) is 0.495. The highest BCUT2D eigenvalue weighted by Crippen LogP contribution is 2.35. The maximum atomic E-state index is 14.1. The number of hydrogen-bond donors (Lipinski definition) is 0. The summed E-state index contributed by atoms with van der Waals surface area (Å²) in [5, 5.41) is 0.454. The van der Waals surface area contributed by atoms with Gasteiger partial charge in [0.1, 0.15) is 15.7 Å². The predicted molar refractivity (Wildman–Crippen MR) is 117 cm³/mol. The van der Waals surface area contributed by atoms with Crippen molar-refractivity contribution < 1.29 is 13.9 Å². The first-order chi connectivity index (χ1) is 14.0. The standard InChI is InChI=1S/C19H18Cl2FN3O2S2/c20-15-11-12(17(21)29-15)18(26)25(6-2-5-24-7-9-27-10-8-24)19-23-16-13(22)3-1-4-14(16)28-19/h1,3-4,11H,2,5-10H2. The number of ether oxygens (including phenoxy) is 1. The van der Waals surface area contributed by atoms with E-state index in [1.807, 2.05) is 0 Å². The third kappa shape index (κ3) is 4.73. The van der Waals surface area contributed by atoms with Crippen molar-refractivity contribution in [3.05, 3.63) is 44.3 Å². The number of halogens is 3. The second kappa shape index (κ2) is 9.24. The van der Waals surface area contributed by atoms with Gasteiger partial charge in [0.25, 0.3) is 5.91 Å². The van der Waals surface area contributed by atoms with Crippen molar-refractivity contribution >= 4 is 67.1 Å². The highest BCUT2D eigenvalue weighted by atomic mass is 35.5. The molecule has 0 bridgehead atoms. The molecule has 1 amide bonds. The van der Waals surface area contributed by atoms with Gasteiger partial charge in [-0.3, -0.25) is 14.6 Å². The fourth-order valence-corrected chi connectivity index (χ4v) is 5.66. The van der Waals surface area contributed by atoms with E-state index in [4.69, 9.17) is 27.9 Å². The number of morpholine rings is 1. The SMILES string of the molecule is O=C(c1cc(Cl)sc1Cl)N(CCCN1CCOCC1)c1nc2c(F)cccc2s1. The van der Waals surface area contributed by atoms with Gasteiger partial charge in [-0.2, -0.15) is 0 Å². The number of carbonyl (C=O) groups excluding carboxylic acids is 1. The minimum Gasteiger partial charge on any atom is -0.379 e. The van der Waals surface area contributed by atoms with Crippen LogP contribution in [-0.2, 0) is 4.74 Å². The van der Waals surface area contributed by atoms with Crippen LogP contribution in [0.25, 0.3) is 10.2 Å². The number of amides is 1. The van der Waals surface area contributed by atoms with E-state index in [0.29, 0.717) is 30.6 Å². The Bertz CT molecular complexity index is 1020. The van der Waals surface area contributed by atoms with E-state index in [2.05, 4.69) is 9.88 Å². The maximum absolute atomic E-state index is 14.1. The van der Waals surface area contributed by atoms with Gasteiger partial charge in [0.05, 0.1) is 27.8 Å². The number of para-hydroxylation sites is 1. The highest BCUT2D eigenvalue weighted by Gasteiger charge is 2.25. The average Bonchev–Trinajstić information content (AvgIpc) is 3.29. The van der Waals surface area contributed by atoms with Gasteiger partial charge < -0.3 is 4.74 Å². The molecule has 4 rings (SSSR count). The molecule has 154 valence electrons. The number of nitrogens with zero attached hydrogens (tertiary/aromatic N) is 3. The third-order valence-corrected chi connectivity index (χ3v) is 7.21. The summed E-state index contributed by atoms with van der Waals surface area (Å²) < 4.78 is 21.0. The molecule has 1 fully saturated rings. The lowest BCUT2D eigenvalue weighted by atomic mass is 10.2. The molecule has 10 heteroatoms. The summed E-state index contributed by atoms with van der Waals surface area (Å²) in [5.41, 5.74) is 0.612. The third-order valence-electron chi connectivity index (χ3n) is 4.68. The van der Waals surface area contributed by atoms with Crippen LogP contribution in [0.4, 0.5) is 9.52 Å².